The van der Waals surface area contributed by atoms with Crippen LogP contribution in [0, 0.1) is 0 Å². The summed E-state index contributed by atoms with van der Waals surface area (Å²) in [5.41, 5.74) is 4.47. The summed E-state index contributed by atoms with van der Waals surface area (Å²) in [6.45, 7) is 1.73. The fourth-order valence-corrected chi connectivity index (χ4v) is 2.34. The van der Waals surface area contributed by atoms with Gasteiger partial charge in [-0.1, -0.05) is 0 Å². The summed E-state index contributed by atoms with van der Waals surface area (Å²) in [4.78, 5) is 23.1. The fourth-order valence-electron chi connectivity index (χ4n) is 2.34. The minimum Gasteiger partial charge on any atom is -0.470 e. The third-order valence-corrected chi connectivity index (χ3v) is 3.76. The van der Waals surface area contributed by atoms with E-state index in [1.54, 1.807) is 25.3 Å². The zero-order chi connectivity index (χ0) is 16.9. The number of hydrogen-bond donors (Lipinski definition) is 1. The molecule has 24 heavy (non-hydrogen) atoms. The number of aromatic nitrogens is 1. The average molecular weight is 333 g/mol. The maximum absolute atomic E-state index is 11.7. The van der Waals surface area contributed by atoms with Crippen LogP contribution in [0.3, 0.4) is 0 Å². The molecule has 128 valence electrons. The lowest BCUT2D eigenvalue weighted by atomic mass is 10.1. The predicted octanol–water partition coefficient (Wildman–Crippen LogP) is 1.01. The molecule has 0 bridgehead atoms. The van der Waals surface area contributed by atoms with Crippen molar-refractivity contribution in [2.75, 3.05) is 38.8 Å². The van der Waals surface area contributed by atoms with E-state index in [2.05, 4.69) is 15.4 Å². The van der Waals surface area contributed by atoms with Crippen LogP contribution in [-0.4, -0.2) is 51.0 Å². The molecule has 0 atom stereocenters. The highest BCUT2D eigenvalue weighted by Gasteiger charge is 2.30. The summed E-state index contributed by atoms with van der Waals surface area (Å²) in [6.07, 6.45) is 5.31. The van der Waals surface area contributed by atoms with Crippen LogP contribution in [0.25, 0.3) is 0 Å². The minimum absolute atomic E-state index is 0.194. The third kappa shape index (κ3) is 3.43. The Kier molecular flexibility index (Phi) is 4.85. The van der Waals surface area contributed by atoms with Crippen molar-refractivity contribution in [2.45, 2.75) is 6.10 Å². The summed E-state index contributed by atoms with van der Waals surface area (Å²) in [6, 6.07) is 3.43. The summed E-state index contributed by atoms with van der Waals surface area (Å²) in [7, 11) is 3.00. The van der Waals surface area contributed by atoms with Crippen LogP contribution in [0.2, 0.25) is 0 Å². The molecule has 0 unspecified atom stereocenters. The molecule has 3 rings (SSSR count). The molecule has 2 aliphatic heterocycles. The molecule has 8 heteroatoms. The van der Waals surface area contributed by atoms with Gasteiger partial charge in [0.05, 0.1) is 18.9 Å². The van der Waals surface area contributed by atoms with Crippen molar-refractivity contribution in [3.63, 3.8) is 0 Å². The molecular weight excluding hydrogens is 314 g/mol. The summed E-state index contributed by atoms with van der Waals surface area (Å²) in [5, 5.41) is 0. The number of allylic oxidation sites excluding steroid dienone is 2. The van der Waals surface area contributed by atoms with E-state index < -0.39 is 5.97 Å². The van der Waals surface area contributed by atoms with Crippen LogP contribution in [0.5, 0.6) is 5.88 Å². The molecule has 0 aliphatic carbocycles. The average Bonchev–Trinajstić information content (AvgIpc) is 2.60. The van der Waals surface area contributed by atoms with Gasteiger partial charge in [-0.25, -0.2) is 15.3 Å². The van der Waals surface area contributed by atoms with E-state index in [4.69, 9.17) is 19.0 Å². The van der Waals surface area contributed by atoms with Crippen molar-refractivity contribution in [1.82, 2.24) is 10.5 Å². The summed E-state index contributed by atoms with van der Waals surface area (Å²) in [5.74, 6) is -0.143. The molecule has 8 nitrogen and oxygen atoms in total. The van der Waals surface area contributed by atoms with Gasteiger partial charge in [0, 0.05) is 20.2 Å². The SMILES string of the molecule is COC(=O)c1ccc(N2CC(OC)C2)c(OCC2=CC=CON2)n1. The van der Waals surface area contributed by atoms with Crippen LogP contribution in [0.1, 0.15) is 10.5 Å². The van der Waals surface area contributed by atoms with Gasteiger partial charge in [0.2, 0.25) is 5.88 Å². The number of pyridine rings is 1. The number of nitrogens with one attached hydrogen (secondary N) is 1. The number of carbonyl (C=O) groups is 1. The molecular formula is C16H19N3O5. The van der Waals surface area contributed by atoms with Gasteiger partial charge in [-0.2, -0.15) is 0 Å². The van der Waals surface area contributed by atoms with E-state index >= 15 is 0 Å². The molecule has 0 radical (unpaired) electrons. The highest BCUT2D eigenvalue weighted by atomic mass is 16.6. The van der Waals surface area contributed by atoms with Crippen molar-refractivity contribution in [3.8, 4) is 5.88 Å². The maximum atomic E-state index is 11.7. The van der Waals surface area contributed by atoms with Crippen LogP contribution in [0.15, 0.2) is 36.2 Å². The fraction of sp³-hybridized carbons (Fsp3) is 0.375. The second-order valence-electron chi connectivity index (χ2n) is 5.30. The van der Waals surface area contributed by atoms with E-state index in [1.165, 1.54) is 13.4 Å². The first-order chi connectivity index (χ1) is 11.7. The maximum Gasteiger partial charge on any atom is 0.356 e. The molecule has 0 spiro atoms. The van der Waals surface area contributed by atoms with Crippen molar-refractivity contribution in [3.05, 3.63) is 41.9 Å². The topological polar surface area (TPSA) is 82.2 Å². The Labute approximate surface area is 139 Å². The van der Waals surface area contributed by atoms with Gasteiger partial charge in [0.1, 0.15) is 18.6 Å². The lowest BCUT2D eigenvalue weighted by molar-refractivity contribution is 0.0592. The Morgan fingerprint density at radius 3 is 2.92 bits per heavy atom. The van der Waals surface area contributed by atoms with Gasteiger partial charge in [-0.05, 0) is 24.3 Å². The van der Waals surface area contributed by atoms with Crippen molar-refractivity contribution < 1.29 is 23.8 Å². The zero-order valence-corrected chi connectivity index (χ0v) is 13.5. The molecule has 3 heterocycles. The largest absolute Gasteiger partial charge is 0.470 e. The van der Waals surface area contributed by atoms with Gasteiger partial charge < -0.3 is 23.9 Å². The van der Waals surface area contributed by atoms with Crippen molar-refractivity contribution >= 4 is 11.7 Å². The molecule has 1 aromatic heterocycles. The number of ether oxygens (including phenoxy) is 3. The lowest BCUT2D eigenvalue weighted by Gasteiger charge is -2.40. The summed E-state index contributed by atoms with van der Waals surface area (Å²) < 4.78 is 15.8. The number of methoxy groups -OCH3 is 2. The molecule has 1 N–H and O–H groups in total. The van der Waals surface area contributed by atoms with E-state index in [9.17, 15) is 4.79 Å². The van der Waals surface area contributed by atoms with Crippen LogP contribution in [-0.2, 0) is 14.3 Å². The van der Waals surface area contributed by atoms with Gasteiger partial charge >= 0.3 is 5.97 Å². The molecule has 1 saturated heterocycles. The number of hydroxylamine groups is 1. The van der Waals surface area contributed by atoms with Gasteiger partial charge in [-0.15, -0.1) is 0 Å². The number of hydrogen-bond acceptors (Lipinski definition) is 8. The molecule has 1 fully saturated rings. The highest BCUT2D eigenvalue weighted by molar-refractivity contribution is 5.88. The predicted molar refractivity (Wildman–Crippen MR) is 85.5 cm³/mol. The first kappa shape index (κ1) is 16.1. The smallest absolute Gasteiger partial charge is 0.356 e. The van der Waals surface area contributed by atoms with E-state index in [0.29, 0.717) is 5.88 Å². The van der Waals surface area contributed by atoms with Gasteiger partial charge in [0.15, 0.2) is 5.69 Å². The molecule has 2 aliphatic rings. The Hall–Kier alpha value is -2.74. The summed E-state index contributed by atoms with van der Waals surface area (Å²) >= 11 is 0. The van der Waals surface area contributed by atoms with Gasteiger partial charge in [-0.3, -0.25) is 0 Å². The quantitative estimate of drug-likeness (QED) is 0.773. The van der Waals surface area contributed by atoms with E-state index in [1.807, 2.05) is 6.08 Å². The van der Waals surface area contributed by atoms with Crippen molar-refractivity contribution in [2.24, 2.45) is 0 Å². The Balaban J connectivity index is 1.78. The second-order valence-corrected chi connectivity index (χ2v) is 5.30. The third-order valence-electron chi connectivity index (χ3n) is 3.76. The molecule has 0 saturated carbocycles. The highest BCUT2D eigenvalue weighted by Crippen LogP contribution is 2.31. The number of rotatable bonds is 6. The first-order valence-electron chi connectivity index (χ1n) is 7.48. The van der Waals surface area contributed by atoms with Crippen LogP contribution < -0.4 is 15.1 Å². The lowest BCUT2D eigenvalue weighted by Crippen LogP contribution is -2.52. The van der Waals surface area contributed by atoms with Crippen LogP contribution >= 0.6 is 0 Å². The Bertz CT molecular complexity index is 668. The molecule has 0 amide bonds. The second kappa shape index (κ2) is 7.22. The normalized spacial score (nSPS) is 16.6. The van der Waals surface area contributed by atoms with E-state index in [-0.39, 0.29) is 18.4 Å². The standard InChI is InChI=1S/C16H19N3O5/c1-21-12-8-19(9-12)14-6-5-13(16(20)22-2)17-15(14)23-10-11-4-3-7-24-18-11/h3-7,12,18H,8-10H2,1-2H3. The monoisotopic (exact) mass is 333 g/mol. The zero-order valence-electron chi connectivity index (χ0n) is 13.5. The number of esters is 1. The minimum atomic E-state index is -0.508. The number of anilines is 1. The molecule has 0 aromatic carbocycles. The van der Waals surface area contributed by atoms with E-state index in [0.717, 1.165) is 24.5 Å². The Morgan fingerprint density at radius 1 is 1.42 bits per heavy atom. The van der Waals surface area contributed by atoms with Gasteiger partial charge in [0.25, 0.3) is 0 Å². The van der Waals surface area contributed by atoms with Crippen molar-refractivity contribution in [1.29, 1.82) is 0 Å². The number of carbonyl (C=O) groups excluding carboxylic acids is 1. The van der Waals surface area contributed by atoms with Crippen LogP contribution in [0.4, 0.5) is 5.69 Å². The molecule has 1 aromatic rings. The number of nitrogens with zero attached hydrogens (tertiary/aromatic N) is 2. The Morgan fingerprint density at radius 2 is 2.25 bits per heavy atom. The first-order valence-corrected chi connectivity index (χ1v) is 7.48.